The molecule has 0 radical (unpaired) electrons. The van der Waals surface area contributed by atoms with Gasteiger partial charge in [-0.2, -0.15) is 11.8 Å². The van der Waals surface area contributed by atoms with E-state index in [9.17, 15) is 0 Å². The Morgan fingerprint density at radius 1 is 1.38 bits per heavy atom. The third-order valence-corrected chi connectivity index (χ3v) is 3.80. The number of rotatable bonds is 5. The second-order valence-corrected chi connectivity index (χ2v) is 5.31. The average Bonchev–Trinajstić information content (AvgIpc) is 2.73. The molecule has 2 N–H and O–H groups in total. The van der Waals surface area contributed by atoms with Crippen LogP contribution in [0, 0.1) is 0 Å². The molecule has 2 nitrogen and oxygen atoms in total. The number of fused-ring (bicyclic) bond motifs is 1. The van der Waals surface area contributed by atoms with Gasteiger partial charge in [-0.15, -0.1) is 0 Å². The molecule has 0 aliphatic rings. The van der Waals surface area contributed by atoms with E-state index < -0.39 is 0 Å². The highest BCUT2D eigenvalue weighted by molar-refractivity contribution is 7.99. The molecule has 1 heterocycles. The van der Waals surface area contributed by atoms with Gasteiger partial charge in [-0.05, 0) is 17.9 Å². The van der Waals surface area contributed by atoms with Crippen LogP contribution in [-0.2, 0) is 6.54 Å². The van der Waals surface area contributed by atoms with Crippen molar-refractivity contribution < 1.29 is 0 Å². The number of benzene rings is 1. The van der Waals surface area contributed by atoms with Gasteiger partial charge in [0.2, 0.25) is 0 Å². The molecule has 86 valence electrons. The zero-order chi connectivity index (χ0) is 11.4. The summed E-state index contributed by atoms with van der Waals surface area (Å²) in [7, 11) is 0. The van der Waals surface area contributed by atoms with Crippen molar-refractivity contribution in [1.29, 1.82) is 0 Å². The van der Waals surface area contributed by atoms with Crippen LogP contribution in [0.5, 0.6) is 0 Å². The van der Waals surface area contributed by atoms with Gasteiger partial charge in [0.05, 0.1) is 0 Å². The number of para-hydroxylation sites is 1. The Kier molecular flexibility index (Phi) is 3.91. The van der Waals surface area contributed by atoms with Crippen LogP contribution >= 0.6 is 11.8 Å². The molecule has 2 aromatic rings. The van der Waals surface area contributed by atoms with Crippen molar-refractivity contribution in [2.24, 2.45) is 0 Å². The van der Waals surface area contributed by atoms with E-state index in [1.54, 1.807) is 0 Å². The minimum absolute atomic E-state index is 0.671. The predicted molar refractivity (Wildman–Crippen MR) is 73.0 cm³/mol. The summed E-state index contributed by atoms with van der Waals surface area (Å²) in [5.41, 5.74) is 2.57. The first-order valence-corrected chi connectivity index (χ1v) is 6.88. The second kappa shape index (κ2) is 5.41. The highest BCUT2D eigenvalue weighted by Gasteiger charge is 2.03. The first kappa shape index (κ1) is 11.6. The van der Waals surface area contributed by atoms with Crippen LogP contribution in [0.1, 0.15) is 12.5 Å². The van der Waals surface area contributed by atoms with E-state index >= 15 is 0 Å². The van der Waals surface area contributed by atoms with Gasteiger partial charge in [-0.3, -0.25) is 0 Å². The molecule has 1 unspecified atom stereocenters. The fourth-order valence-corrected chi connectivity index (χ4v) is 2.06. The highest BCUT2D eigenvalue weighted by Crippen LogP contribution is 2.17. The second-order valence-electron chi connectivity index (χ2n) is 4.04. The van der Waals surface area contributed by atoms with E-state index in [0.717, 1.165) is 13.1 Å². The standard InChI is InChI=1S/C13H18N2S/c1-10(16-2)7-14-8-11-9-15-13-6-4-3-5-12(11)13/h3-6,9-10,14-15H,7-8H2,1-2H3. The number of aromatic amines is 1. The zero-order valence-electron chi connectivity index (χ0n) is 9.79. The molecule has 16 heavy (non-hydrogen) atoms. The number of nitrogens with one attached hydrogen (secondary N) is 2. The van der Waals surface area contributed by atoms with Gasteiger partial charge < -0.3 is 10.3 Å². The van der Waals surface area contributed by atoms with Crippen LogP contribution < -0.4 is 5.32 Å². The van der Waals surface area contributed by atoms with E-state index in [-0.39, 0.29) is 0 Å². The molecule has 0 saturated carbocycles. The van der Waals surface area contributed by atoms with Crippen molar-refractivity contribution in [2.45, 2.75) is 18.7 Å². The SMILES string of the molecule is CSC(C)CNCc1c[nH]c2ccccc12. The van der Waals surface area contributed by atoms with E-state index in [1.165, 1.54) is 16.5 Å². The lowest BCUT2D eigenvalue weighted by molar-refractivity contribution is 0.687. The largest absolute Gasteiger partial charge is 0.361 e. The molecular formula is C13H18N2S. The molecule has 3 heteroatoms. The first-order chi connectivity index (χ1) is 7.81. The van der Waals surface area contributed by atoms with Gasteiger partial charge in [0.1, 0.15) is 0 Å². The molecule has 0 saturated heterocycles. The van der Waals surface area contributed by atoms with Crippen LogP contribution in [0.3, 0.4) is 0 Å². The maximum atomic E-state index is 3.49. The minimum Gasteiger partial charge on any atom is -0.361 e. The summed E-state index contributed by atoms with van der Waals surface area (Å²) in [6.07, 6.45) is 4.25. The lowest BCUT2D eigenvalue weighted by Gasteiger charge is -2.08. The number of hydrogen-bond acceptors (Lipinski definition) is 2. The molecule has 0 bridgehead atoms. The zero-order valence-corrected chi connectivity index (χ0v) is 10.6. The van der Waals surface area contributed by atoms with Crippen LogP contribution in [0.4, 0.5) is 0 Å². The van der Waals surface area contributed by atoms with Crippen molar-refractivity contribution in [3.63, 3.8) is 0 Å². The van der Waals surface area contributed by atoms with Crippen LogP contribution in [0.15, 0.2) is 30.5 Å². The van der Waals surface area contributed by atoms with Crippen molar-refractivity contribution in [3.05, 3.63) is 36.0 Å². The fraction of sp³-hybridized carbons (Fsp3) is 0.385. The van der Waals surface area contributed by atoms with Gasteiger partial charge in [0, 0.05) is 35.4 Å². The summed E-state index contributed by atoms with van der Waals surface area (Å²) < 4.78 is 0. The van der Waals surface area contributed by atoms with Crippen LogP contribution in [-0.4, -0.2) is 23.0 Å². The van der Waals surface area contributed by atoms with Crippen molar-refractivity contribution in [3.8, 4) is 0 Å². The van der Waals surface area contributed by atoms with Crippen molar-refractivity contribution >= 4 is 22.7 Å². The average molecular weight is 234 g/mol. The number of aromatic nitrogens is 1. The Hall–Kier alpha value is -0.930. The van der Waals surface area contributed by atoms with Crippen LogP contribution in [0.2, 0.25) is 0 Å². The molecule has 0 amide bonds. The molecule has 0 aliphatic heterocycles. The molecule has 0 aliphatic carbocycles. The van der Waals surface area contributed by atoms with E-state index in [4.69, 9.17) is 0 Å². The molecule has 2 rings (SSSR count). The third-order valence-electron chi connectivity index (χ3n) is 2.82. The number of hydrogen-bond donors (Lipinski definition) is 2. The minimum atomic E-state index is 0.671. The summed E-state index contributed by atoms with van der Waals surface area (Å²) in [4.78, 5) is 3.30. The predicted octanol–water partition coefficient (Wildman–Crippen LogP) is 3.01. The topological polar surface area (TPSA) is 27.8 Å². The lowest BCUT2D eigenvalue weighted by atomic mass is 10.2. The molecule has 0 spiro atoms. The van der Waals surface area contributed by atoms with Gasteiger partial charge in [0.15, 0.2) is 0 Å². The molecule has 1 aromatic carbocycles. The van der Waals surface area contributed by atoms with Gasteiger partial charge in [0.25, 0.3) is 0 Å². The van der Waals surface area contributed by atoms with Crippen molar-refractivity contribution in [2.75, 3.05) is 12.8 Å². The Balaban J connectivity index is 1.99. The monoisotopic (exact) mass is 234 g/mol. The summed E-state index contributed by atoms with van der Waals surface area (Å²) in [5, 5.41) is 5.49. The summed E-state index contributed by atoms with van der Waals surface area (Å²) in [6.45, 7) is 4.24. The molecule has 1 aromatic heterocycles. The van der Waals surface area contributed by atoms with E-state index in [0.29, 0.717) is 5.25 Å². The first-order valence-electron chi connectivity index (χ1n) is 5.59. The van der Waals surface area contributed by atoms with Gasteiger partial charge >= 0.3 is 0 Å². The van der Waals surface area contributed by atoms with Crippen LogP contribution in [0.25, 0.3) is 10.9 Å². The third kappa shape index (κ3) is 2.60. The van der Waals surface area contributed by atoms with Gasteiger partial charge in [-0.25, -0.2) is 0 Å². The molecule has 1 atom stereocenters. The van der Waals surface area contributed by atoms with E-state index in [1.807, 2.05) is 11.8 Å². The molecular weight excluding hydrogens is 216 g/mol. The Morgan fingerprint density at radius 3 is 3.00 bits per heavy atom. The van der Waals surface area contributed by atoms with E-state index in [2.05, 4.69) is 53.9 Å². The summed E-state index contributed by atoms with van der Waals surface area (Å²) in [6, 6.07) is 8.43. The quantitative estimate of drug-likeness (QED) is 0.832. The highest BCUT2D eigenvalue weighted by atomic mass is 32.2. The number of thioether (sulfide) groups is 1. The Bertz CT molecular complexity index is 450. The summed E-state index contributed by atoms with van der Waals surface area (Å²) in [5.74, 6) is 0. The summed E-state index contributed by atoms with van der Waals surface area (Å²) >= 11 is 1.90. The molecule has 0 fully saturated rings. The smallest absolute Gasteiger partial charge is 0.0457 e. The fourth-order valence-electron chi connectivity index (χ4n) is 1.77. The van der Waals surface area contributed by atoms with Gasteiger partial charge in [-0.1, -0.05) is 25.1 Å². The number of H-pyrrole nitrogens is 1. The maximum absolute atomic E-state index is 3.49. The lowest BCUT2D eigenvalue weighted by Crippen LogP contribution is -2.21. The Morgan fingerprint density at radius 2 is 2.19 bits per heavy atom. The van der Waals surface area contributed by atoms with Crippen molar-refractivity contribution in [1.82, 2.24) is 10.3 Å². The maximum Gasteiger partial charge on any atom is 0.0457 e. The normalized spacial score (nSPS) is 13.1. The Labute approximate surface area is 101 Å².